The molecule has 0 N–H and O–H groups in total. The SMILES string of the molecule is Cc1cccc(N2CCN(C(=O)CC#N)CC2)c1C. The maximum atomic E-state index is 11.6. The molecular weight excluding hydrogens is 238 g/mol. The Morgan fingerprint density at radius 1 is 1.26 bits per heavy atom. The van der Waals surface area contributed by atoms with Crippen molar-refractivity contribution >= 4 is 11.6 Å². The first-order valence-corrected chi connectivity index (χ1v) is 6.59. The third-order valence-corrected chi connectivity index (χ3v) is 3.78. The van der Waals surface area contributed by atoms with E-state index in [1.54, 1.807) is 4.90 Å². The fourth-order valence-electron chi connectivity index (χ4n) is 2.45. The van der Waals surface area contributed by atoms with E-state index in [0.29, 0.717) is 13.1 Å². The largest absolute Gasteiger partial charge is 0.368 e. The van der Waals surface area contributed by atoms with Crippen LogP contribution >= 0.6 is 0 Å². The molecule has 0 unspecified atom stereocenters. The van der Waals surface area contributed by atoms with E-state index in [2.05, 4.69) is 36.9 Å². The van der Waals surface area contributed by atoms with Gasteiger partial charge in [-0.05, 0) is 31.0 Å². The van der Waals surface area contributed by atoms with Crippen LogP contribution in [0.25, 0.3) is 0 Å². The van der Waals surface area contributed by atoms with Gasteiger partial charge in [-0.3, -0.25) is 4.79 Å². The second-order valence-corrected chi connectivity index (χ2v) is 4.92. The molecule has 0 spiro atoms. The van der Waals surface area contributed by atoms with Gasteiger partial charge in [-0.15, -0.1) is 0 Å². The molecule has 0 bridgehead atoms. The fraction of sp³-hybridized carbons (Fsp3) is 0.467. The van der Waals surface area contributed by atoms with E-state index in [4.69, 9.17) is 5.26 Å². The molecule has 0 radical (unpaired) electrons. The topological polar surface area (TPSA) is 47.3 Å². The van der Waals surface area contributed by atoms with Gasteiger partial charge in [-0.25, -0.2) is 0 Å². The molecule has 0 atom stereocenters. The summed E-state index contributed by atoms with van der Waals surface area (Å²) in [6.07, 6.45) is -0.0104. The van der Waals surface area contributed by atoms with Gasteiger partial charge in [-0.1, -0.05) is 12.1 Å². The van der Waals surface area contributed by atoms with Crippen LogP contribution in [0.4, 0.5) is 5.69 Å². The van der Waals surface area contributed by atoms with Gasteiger partial charge in [0.1, 0.15) is 6.42 Å². The van der Waals surface area contributed by atoms with Crippen molar-refractivity contribution in [3.05, 3.63) is 29.3 Å². The van der Waals surface area contributed by atoms with Crippen LogP contribution in [-0.4, -0.2) is 37.0 Å². The first-order valence-electron chi connectivity index (χ1n) is 6.59. The molecular formula is C15H19N3O. The average molecular weight is 257 g/mol. The van der Waals surface area contributed by atoms with Gasteiger partial charge < -0.3 is 9.80 Å². The van der Waals surface area contributed by atoms with Crippen LogP contribution < -0.4 is 4.90 Å². The van der Waals surface area contributed by atoms with E-state index in [0.717, 1.165) is 13.1 Å². The van der Waals surface area contributed by atoms with Crippen LogP contribution in [0.15, 0.2) is 18.2 Å². The number of rotatable bonds is 2. The second-order valence-electron chi connectivity index (χ2n) is 4.92. The molecule has 100 valence electrons. The molecule has 1 amide bonds. The van der Waals surface area contributed by atoms with Gasteiger partial charge in [0.2, 0.25) is 5.91 Å². The van der Waals surface area contributed by atoms with Crippen molar-refractivity contribution < 1.29 is 4.79 Å². The Labute approximate surface area is 114 Å². The number of aryl methyl sites for hydroxylation is 1. The summed E-state index contributed by atoms with van der Waals surface area (Å²) in [7, 11) is 0. The van der Waals surface area contributed by atoms with Crippen LogP contribution in [0.1, 0.15) is 17.5 Å². The van der Waals surface area contributed by atoms with Gasteiger partial charge in [0.05, 0.1) is 6.07 Å². The number of hydrogen-bond acceptors (Lipinski definition) is 3. The Hall–Kier alpha value is -2.02. The van der Waals surface area contributed by atoms with Gasteiger partial charge >= 0.3 is 0 Å². The quantitative estimate of drug-likeness (QED) is 0.812. The summed E-state index contributed by atoms with van der Waals surface area (Å²) < 4.78 is 0. The third-order valence-electron chi connectivity index (χ3n) is 3.78. The van der Waals surface area contributed by atoms with Gasteiger partial charge in [-0.2, -0.15) is 5.26 Å². The summed E-state index contributed by atoms with van der Waals surface area (Å²) in [5.41, 5.74) is 3.85. The molecule has 1 fully saturated rings. The maximum Gasteiger partial charge on any atom is 0.236 e. The van der Waals surface area contributed by atoms with Crippen molar-refractivity contribution in [3.8, 4) is 6.07 Å². The first-order chi connectivity index (χ1) is 9.13. The lowest BCUT2D eigenvalue weighted by Crippen LogP contribution is -2.48. The van der Waals surface area contributed by atoms with Crippen LogP contribution in [0.2, 0.25) is 0 Å². The van der Waals surface area contributed by atoms with Crippen LogP contribution in [0.5, 0.6) is 0 Å². The van der Waals surface area contributed by atoms with E-state index >= 15 is 0 Å². The van der Waals surface area contributed by atoms with Crippen molar-refractivity contribution in [2.75, 3.05) is 31.1 Å². The molecule has 1 aliphatic heterocycles. The lowest BCUT2D eigenvalue weighted by Gasteiger charge is -2.36. The summed E-state index contributed by atoms with van der Waals surface area (Å²) in [4.78, 5) is 15.7. The third kappa shape index (κ3) is 2.87. The smallest absolute Gasteiger partial charge is 0.236 e. The van der Waals surface area contributed by atoms with E-state index in [1.807, 2.05) is 6.07 Å². The van der Waals surface area contributed by atoms with Gasteiger partial charge in [0, 0.05) is 31.9 Å². The highest BCUT2D eigenvalue weighted by atomic mass is 16.2. The molecule has 1 heterocycles. The molecule has 0 aliphatic carbocycles. The minimum atomic E-state index is -0.0527. The fourth-order valence-corrected chi connectivity index (χ4v) is 2.45. The van der Waals surface area contributed by atoms with E-state index < -0.39 is 0 Å². The van der Waals surface area contributed by atoms with Gasteiger partial charge in [0.15, 0.2) is 0 Å². The van der Waals surface area contributed by atoms with E-state index in [-0.39, 0.29) is 12.3 Å². The average Bonchev–Trinajstić information content (AvgIpc) is 2.42. The molecule has 4 heteroatoms. The standard InChI is InChI=1S/C15H19N3O/c1-12-4-3-5-14(13(12)2)17-8-10-18(11-9-17)15(19)6-7-16/h3-5H,6,8-11H2,1-2H3. The zero-order valence-electron chi connectivity index (χ0n) is 11.5. The predicted molar refractivity (Wildman–Crippen MR) is 74.9 cm³/mol. The Balaban J connectivity index is 2.02. The van der Waals surface area contributed by atoms with Crippen LogP contribution in [-0.2, 0) is 4.79 Å². The number of hydrogen-bond donors (Lipinski definition) is 0. The van der Waals surface area contributed by atoms with Crippen molar-refractivity contribution in [2.45, 2.75) is 20.3 Å². The number of nitriles is 1. The lowest BCUT2D eigenvalue weighted by atomic mass is 10.1. The Kier molecular flexibility index (Phi) is 4.06. The first kappa shape index (κ1) is 13.4. The number of piperazine rings is 1. The van der Waals surface area contributed by atoms with Crippen LogP contribution in [0.3, 0.4) is 0 Å². The number of anilines is 1. The molecule has 1 aromatic carbocycles. The highest BCUT2D eigenvalue weighted by Gasteiger charge is 2.21. The maximum absolute atomic E-state index is 11.6. The summed E-state index contributed by atoms with van der Waals surface area (Å²) in [5, 5.41) is 8.56. The highest BCUT2D eigenvalue weighted by Crippen LogP contribution is 2.23. The van der Waals surface area contributed by atoms with Crippen molar-refractivity contribution in [2.24, 2.45) is 0 Å². The van der Waals surface area contributed by atoms with E-state index in [9.17, 15) is 4.79 Å². The zero-order valence-corrected chi connectivity index (χ0v) is 11.5. The Morgan fingerprint density at radius 2 is 1.95 bits per heavy atom. The van der Waals surface area contributed by atoms with Gasteiger partial charge in [0.25, 0.3) is 0 Å². The number of benzene rings is 1. The molecule has 1 aromatic rings. The zero-order chi connectivity index (χ0) is 13.8. The lowest BCUT2D eigenvalue weighted by molar-refractivity contribution is -0.130. The van der Waals surface area contributed by atoms with E-state index in [1.165, 1.54) is 16.8 Å². The predicted octanol–water partition coefficient (Wildman–Crippen LogP) is 1.87. The second kappa shape index (κ2) is 5.75. The number of carbonyl (C=O) groups excluding carboxylic acids is 1. The number of amides is 1. The summed E-state index contributed by atoms with van der Waals surface area (Å²) >= 11 is 0. The summed E-state index contributed by atoms with van der Waals surface area (Å²) in [5.74, 6) is -0.0527. The molecule has 4 nitrogen and oxygen atoms in total. The highest BCUT2D eigenvalue weighted by molar-refractivity contribution is 5.78. The Morgan fingerprint density at radius 3 is 2.58 bits per heavy atom. The normalized spacial score (nSPS) is 15.2. The summed E-state index contributed by atoms with van der Waals surface area (Å²) in [6, 6.07) is 8.24. The van der Waals surface area contributed by atoms with Crippen molar-refractivity contribution in [3.63, 3.8) is 0 Å². The molecule has 0 aromatic heterocycles. The van der Waals surface area contributed by atoms with Crippen molar-refractivity contribution in [1.29, 1.82) is 5.26 Å². The van der Waals surface area contributed by atoms with Crippen LogP contribution in [0, 0.1) is 25.2 Å². The number of nitrogens with zero attached hydrogens (tertiary/aromatic N) is 3. The molecule has 0 saturated carbocycles. The molecule has 19 heavy (non-hydrogen) atoms. The minimum Gasteiger partial charge on any atom is -0.368 e. The molecule has 2 rings (SSSR count). The van der Waals surface area contributed by atoms with Crippen molar-refractivity contribution in [1.82, 2.24) is 4.90 Å². The Bertz CT molecular complexity index is 511. The summed E-state index contributed by atoms with van der Waals surface area (Å²) in [6.45, 7) is 7.33. The number of carbonyl (C=O) groups is 1. The monoisotopic (exact) mass is 257 g/mol. The molecule has 1 saturated heterocycles. The molecule has 1 aliphatic rings. The minimum absolute atomic E-state index is 0.0104.